The Morgan fingerprint density at radius 3 is 2.71 bits per heavy atom. The number of hydrogen-bond donors (Lipinski definition) is 2. The highest BCUT2D eigenvalue weighted by molar-refractivity contribution is 8.00. The number of piperidine rings is 1. The van der Waals surface area contributed by atoms with E-state index in [0.29, 0.717) is 18.1 Å². The first kappa shape index (κ1) is 18.8. The summed E-state index contributed by atoms with van der Waals surface area (Å²) in [4.78, 5) is 25.9. The van der Waals surface area contributed by atoms with E-state index in [1.807, 2.05) is 0 Å². The summed E-state index contributed by atoms with van der Waals surface area (Å²) in [5.41, 5.74) is 0. The van der Waals surface area contributed by atoms with Gasteiger partial charge in [0.1, 0.15) is 5.76 Å². The van der Waals surface area contributed by atoms with Crippen LogP contribution in [-0.2, 0) is 9.59 Å². The standard InChI is InChI=1S/C16H26N4O3S/c1-13-10-14(19-23-13)18-16(22)12-24-11-15(21)17-6-5-9-20-7-3-2-4-8-20/h10H,2-9,11-12H2,1H3,(H,17,21)(H,18,19,22). The molecule has 0 unspecified atom stereocenters. The highest BCUT2D eigenvalue weighted by Gasteiger charge is 2.10. The van der Waals surface area contributed by atoms with Gasteiger partial charge in [0.25, 0.3) is 0 Å². The van der Waals surface area contributed by atoms with Gasteiger partial charge in [-0.3, -0.25) is 9.59 Å². The Morgan fingerprint density at radius 2 is 2.00 bits per heavy atom. The Bertz CT molecular complexity index is 529. The zero-order valence-electron chi connectivity index (χ0n) is 14.2. The van der Waals surface area contributed by atoms with Crippen LogP contribution < -0.4 is 10.6 Å². The van der Waals surface area contributed by atoms with Crippen LogP contribution in [0.1, 0.15) is 31.4 Å². The molecule has 0 aromatic carbocycles. The quantitative estimate of drug-likeness (QED) is 0.656. The van der Waals surface area contributed by atoms with E-state index in [2.05, 4.69) is 20.7 Å². The molecule has 0 radical (unpaired) electrons. The zero-order chi connectivity index (χ0) is 17.2. The molecule has 134 valence electrons. The van der Waals surface area contributed by atoms with E-state index in [1.165, 1.54) is 44.1 Å². The second-order valence-electron chi connectivity index (χ2n) is 5.97. The minimum absolute atomic E-state index is 0.0243. The molecular weight excluding hydrogens is 328 g/mol. The molecule has 2 N–H and O–H groups in total. The molecular formula is C16H26N4O3S. The normalized spacial score (nSPS) is 15.2. The largest absolute Gasteiger partial charge is 0.360 e. The lowest BCUT2D eigenvalue weighted by Gasteiger charge is -2.26. The summed E-state index contributed by atoms with van der Waals surface area (Å²) in [6, 6.07) is 1.65. The van der Waals surface area contributed by atoms with Crippen molar-refractivity contribution in [3.63, 3.8) is 0 Å². The first-order valence-electron chi connectivity index (χ1n) is 8.43. The fourth-order valence-corrected chi connectivity index (χ4v) is 3.25. The lowest BCUT2D eigenvalue weighted by Crippen LogP contribution is -2.33. The number of nitrogens with one attached hydrogen (secondary N) is 2. The summed E-state index contributed by atoms with van der Waals surface area (Å²) in [7, 11) is 0. The summed E-state index contributed by atoms with van der Waals surface area (Å²) in [6.07, 6.45) is 4.90. The van der Waals surface area contributed by atoms with E-state index in [0.717, 1.165) is 13.0 Å². The molecule has 2 heterocycles. The third-order valence-corrected chi connectivity index (χ3v) is 4.72. The molecule has 1 saturated heterocycles. The second-order valence-corrected chi connectivity index (χ2v) is 6.96. The van der Waals surface area contributed by atoms with Gasteiger partial charge in [-0.2, -0.15) is 0 Å². The topological polar surface area (TPSA) is 87.5 Å². The van der Waals surface area contributed by atoms with E-state index >= 15 is 0 Å². The third kappa shape index (κ3) is 7.35. The molecule has 7 nitrogen and oxygen atoms in total. The smallest absolute Gasteiger partial charge is 0.235 e. The van der Waals surface area contributed by atoms with Crippen molar-refractivity contribution in [2.45, 2.75) is 32.6 Å². The van der Waals surface area contributed by atoms with E-state index in [4.69, 9.17) is 4.52 Å². The summed E-state index contributed by atoms with van der Waals surface area (Å²) < 4.78 is 4.87. The number of carbonyl (C=O) groups excluding carboxylic acids is 2. The molecule has 1 aromatic rings. The monoisotopic (exact) mass is 354 g/mol. The van der Waals surface area contributed by atoms with Gasteiger partial charge in [-0.15, -0.1) is 11.8 Å². The second kappa shape index (κ2) is 10.4. The number of carbonyl (C=O) groups is 2. The summed E-state index contributed by atoms with van der Waals surface area (Å²) in [5, 5.41) is 9.21. The number of hydrogen-bond acceptors (Lipinski definition) is 6. The number of rotatable bonds is 9. The van der Waals surface area contributed by atoms with Crippen molar-refractivity contribution in [3.05, 3.63) is 11.8 Å². The maximum absolute atomic E-state index is 11.7. The summed E-state index contributed by atoms with van der Waals surface area (Å²) in [6.45, 7) is 5.87. The molecule has 0 atom stereocenters. The van der Waals surface area contributed by atoms with E-state index in [-0.39, 0.29) is 23.3 Å². The zero-order valence-corrected chi connectivity index (χ0v) is 15.0. The minimum Gasteiger partial charge on any atom is -0.360 e. The number of aromatic nitrogens is 1. The number of anilines is 1. The molecule has 8 heteroatoms. The molecule has 2 rings (SSSR count). The maximum atomic E-state index is 11.7. The number of likely N-dealkylation sites (tertiary alicyclic amines) is 1. The molecule has 2 amide bonds. The van der Waals surface area contributed by atoms with Crippen molar-refractivity contribution >= 4 is 29.4 Å². The number of thioether (sulfide) groups is 1. The van der Waals surface area contributed by atoms with E-state index in [9.17, 15) is 9.59 Å². The van der Waals surface area contributed by atoms with Gasteiger partial charge in [-0.05, 0) is 45.8 Å². The molecule has 1 aliphatic rings. The molecule has 0 bridgehead atoms. The Hall–Kier alpha value is -1.54. The van der Waals surface area contributed by atoms with Crippen molar-refractivity contribution in [2.24, 2.45) is 0 Å². The maximum Gasteiger partial charge on any atom is 0.235 e. The fourth-order valence-electron chi connectivity index (χ4n) is 2.61. The van der Waals surface area contributed by atoms with Crippen LogP contribution in [0.25, 0.3) is 0 Å². The fraction of sp³-hybridized carbons (Fsp3) is 0.688. The highest BCUT2D eigenvalue weighted by Crippen LogP contribution is 2.09. The average Bonchev–Trinajstić information content (AvgIpc) is 2.97. The Labute approximate surface area is 146 Å². The van der Waals surface area contributed by atoms with Crippen molar-refractivity contribution in [1.82, 2.24) is 15.4 Å². The SMILES string of the molecule is Cc1cc(NC(=O)CSCC(=O)NCCCN2CCCCC2)no1. The Morgan fingerprint density at radius 1 is 1.25 bits per heavy atom. The van der Waals surface area contributed by atoms with Crippen LogP contribution in [0.3, 0.4) is 0 Å². The van der Waals surface area contributed by atoms with Gasteiger partial charge in [0.2, 0.25) is 11.8 Å². The van der Waals surface area contributed by atoms with Gasteiger partial charge in [-0.25, -0.2) is 0 Å². The molecule has 0 aliphatic carbocycles. The molecule has 0 saturated carbocycles. The van der Waals surface area contributed by atoms with Gasteiger partial charge in [0.05, 0.1) is 11.5 Å². The van der Waals surface area contributed by atoms with Crippen LogP contribution in [0.2, 0.25) is 0 Å². The van der Waals surface area contributed by atoms with Gasteiger partial charge < -0.3 is 20.1 Å². The van der Waals surface area contributed by atoms with Gasteiger partial charge >= 0.3 is 0 Å². The van der Waals surface area contributed by atoms with Crippen LogP contribution in [0, 0.1) is 6.92 Å². The molecule has 24 heavy (non-hydrogen) atoms. The summed E-state index contributed by atoms with van der Waals surface area (Å²) in [5.74, 6) is 1.33. The van der Waals surface area contributed by atoms with E-state index in [1.54, 1.807) is 13.0 Å². The first-order chi connectivity index (χ1) is 11.6. The average molecular weight is 354 g/mol. The van der Waals surface area contributed by atoms with Crippen molar-refractivity contribution < 1.29 is 14.1 Å². The minimum atomic E-state index is -0.189. The van der Waals surface area contributed by atoms with E-state index < -0.39 is 0 Å². The number of nitrogens with zero attached hydrogens (tertiary/aromatic N) is 2. The lowest BCUT2D eigenvalue weighted by atomic mass is 10.1. The molecule has 0 spiro atoms. The van der Waals surface area contributed by atoms with Gasteiger partial charge in [0.15, 0.2) is 5.82 Å². The van der Waals surface area contributed by atoms with Crippen LogP contribution >= 0.6 is 11.8 Å². The molecule has 1 fully saturated rings. The highest BCUT2D eigenvalue weighted by atomic mass is 32.2. The Balaban J connectivity index is 1.47. The van der Waals surface area contributed by atoms with Gasteiger partial charge in [0, 0.05) is 12.6 Å². The lowest BCUT2D eigenvalue weighted by molar-refractivity contribution is -0.118. The van der Waals surface area contributed by atoms with Gasteiger partial charge in [-0.1, -0.05) is 11.6 Å². The Kier molecular flexibility index (Phi) is 8.11. The van der Waals surface area contributed by atoms with Crippen molar-refractivity contribution in [3.8, 4) is 0 Å². The predicted molar refractivity (Wildman–Crippen MR) is 95.1 cm³/mol. The van der Waals surface area contributed by atoms with Crippen LogP contribution in [0.5, 0.6) is 0 Å². The number of aryl methyl sites for hydroxylation is 1. The van der Waals surface area contributed by atoms with Crippen LogP contribution in [-0.4, -0.2) is 59.6 Å². The number of amides is 2. The first-order valence-corrected chi connectivity index (χ1v) is 9.59. The van der Waals surface area contributed by atoms with Crippen LogP contribution in [0.15, 0.2) is 10.6 Å². The van der Waals surface area contributed by atoms with Crippen molar-refractivity contribution in [2.75, 3.05) is 43.0 Å². The van der Waals surface area contributed by atoms with Crippen LogP contribution in [0.4, 0.5) is 5.82 Å². The predicted octanol–water partition coefficient (Wildman–Crippen LogP) is 1.65. The van der Waals surface area contributed by atoms with Crippen molar-refractivity contribution in [1.29, 1.82) is 0 Å². The molecule has 1 aliphatic heterocycles. The third-order valence-electron chi connectivity index (χ3n) is 3.78. The summed E-state index contributed by atoms with van der Waals surface area (Å²) >= 11 is 1.29. The molecule has 1 aromatic heterocycles.